The molecule has 0 unspecified atom stereocenters. The summed E-state index contributed by atoms with van der Waals surface area (Å²) < 4.78 is 0. The van der Waals surface area contributed by atoms with Crippen molar-refractivity contribution in [2.75, 3.05) is 25.5 Å². The molecule has 25 heavy (non-hydrogen) atoms. The Bertz CT molecular complexity index is 615. The van der Waals surface area contributed by atoms with Crippen LogP contribution in [0, 0.1) is 19.8 Å². The zero-order chi connectivity index (χ0) is 18.4. The molecule has 1 aliphatic carbocycles. The molecule has 1 aliphatic rings. The average molecular weight is 345 g/mol. The molecule has 0 spiro atoms. The molecule has 0 radical (unpaired) electrons. The summed E-state index contributed by atoms with van der Waals surface area (Å²) in [5, 5.41) is 6.06. The quantitative estimate of drug-likeness (QED) is 0.833. The molecule has 138 valence electrons. The van der Waals surface area contributed by atoms with Crippen molar-refractivity contribution in [2.24, 2.45) is 5.92 Å². The van der Waals surface area contributed by atoms with Crippen LogP contribution in [0.1, 0.15) is 43.7 Å². The van der Waals surface area contributed by atoms with E-state index in [0.717, 1.165) is 23.2 Å². The second kappa shape index (κ2) is 8.99. The van der Waals surface area contributed by atoms with Gasteiger partial charge in [-0.15, -0.1) is 0 Å². The number of hydrogen-bond donors (Lipinski definition) is 2. The van der Waals surface area contributed by atoms with Crippen molar-refractivity contribution in [3.05, 3.63) is 29.3 Å². The van der Waals surface area contributed by atoms with E-state index >= 15 is 0 Å². The summed E-state index contributed by atoms with van der Waals surface area (Å²) in [6.07, 6.45) is 4.68. The monoisotopic (exact) mass is 345 g/mol. The van der Waals surface area contributed by atoms with Gasteiger partial charge in [0.25, 0.3) is 0 Å². The van der Waals surface area contributed by atoms with E-state index in [1.165, 1.54) is 19.3 Å². The first-order valence-electron chi connectivity index (χ1n) is 9.20. The predicted octanol–water partition coefficient (Wildman–Crippen LogP) is 2.87. The van der Waals surface area contributed by atoms with Crippen molar-refractivity contribution in [1.29, 1.82) is 0 Å². The standard InChI is InChI=1S/C20H31N3O2/c1-14-9-7-11-18(16(14)3)22-20(25)13-23(4)12-19(24)21-17-10-6-5-8-15(17)2/h7,9,11,15,17H,5-6,8,10,12-13H2,1-4H3,(H,21,24)(H,22,25)/t15-,17-/m0/s1. The molecule has 2 amide bonds. The first-order valence-corrected chi connectivity index (χ1v) is 9.20. The van der Waals surface area contributed by atoms with Crippen LogP contribution in [-0.2, 0) is 9.59 Å². The van der Waals surface area contributed by atoms with Crippen LogP contribution in [-0.4, -0.2) is 42.9 Å². The van der Waals surface area contributed by atoms with Crippen LogP contribution in [0.3, 0.4) is 0 Å². The van der Waals surface area contributed by atoms with Gasteiger partial charge < -0.3 is 10.6 Å². The van der Waals surface area contributed by atoms with E-state index in [-0.39, 0.29) is 30.9 Å². The van der Waals surface area contributed by atoms with Gasteiger partial charge in [-0.2, -0.15) is 0 Å². The Balaban J connectivity index is 1.78. The lowest BCUT2D eigenvalue weighted by molar-refractivity contribution is -0.124. The van der Waals surface area contributed by atoms with Gasteiger partial charge in [-0.1, -0.05) is 31.9 Å². The van der Waals surface area contributed by atoms with Crippen molar-refractivity contribution in [1.82, 2.24) is 10.2 Å². The lowest BCUT2D eigenvalue weighted by Gasteiger charge is -2.30. The Morgan fingerprint density at radius 2 is 1.80 bits per heavy atom. The highest BCUT2D eigenvalue weighted by atomic mass is 16.2. The SMILES string of the molecule is Cc1cccc(NC(=O)CN(C)CC(=O)N[C@H]2CCCC[C@@H]2C)c1C. The van der Waals surface area contributed by atoms with Gasteiger partial charge in [0.05, 0.1) is 13.1 Å². The number of aryl methyl sites for hydroxylation is 1. The fourth-order valence-corrected chi connectivity index (χ4v) is 3.41. The van der Waals surface area contributed by atoms with E-state index in [4.69, 9.17) is 0 Å². The summed E-state index contributed by atoms with van der Waals surface area (Å²) in [5.74, 6) is 0.437. The molecule has 0 bridgehead atoms. The van der Waals surface area contributed by atoms with Gasteiger partial charge in [-0.05, 0) is 56.8 Å². The maximum absolute atomic E-state index is 12.2. The number of nitrogens with zero attached hydrogens (tertiary/aromatic N) is 1. The highest BCUT2D eigenvalue weighted by Gasteiger charge is 2.23. The summed E-state index contributed by atoms with van der Waals surface area (Å²) in [5.41, 5.74) is 3.05. The maximum atomic E-state index is 12.2. The van der Waals surface area contributed by atoms with Crippen molar-refractivity contribution in [3.8, 4) is 0 Å². The minimum Gasteiger partial charge on any atom is -0.352 e. The Hall–Kier alpha value is -1.88. The number of benzene rings is 1. The smallest absolute Gasteiger partial charge is 0.238 e. The van der Waals surface area contributed by atoms with Crippen molar-refractivity contribution < 1.29 is 9.59 Å². The van der Waals surface area contributed by atoms with Gasteiger partial charge in [0.1, 0.15) is 0 Å². The molecule has 0 heterocycles. The van der Waals surface area contributed by atoms with Gasteiger partial charge >= 0.3 is 0 Å². The lowest BCUT2D eigenvalue weighted by atomic mass is 9.86. The molecule has 0 aliphatic heterocycles. The first kappa shape index (κ1) is 19.4. The molecular weight excluding hydrogens is 314 g/mol. The van der Waals surface area contributed by atoms with Crippen LogP contribution in [0.25, 0.3) is 0 Å². The molecule has 2 atom stereocenters. The minimum atomic E-state index is -0.102. The zero-order valence-electron chi connectivity index (χ0n) is 15.9. The summed E-state index contributed by atoms with van der Waals surface area (Å²) in [6.45, 7) is 6.65. The first-order chi connectivity index (χ1) is 11.9. The van der Waals surface area contributed by atoms with Crippen LogP contribution >= 0.6 is 0 Å². The molecule has 0 saturated heterocycles. The highest BCUT2D eigenvalue weighted by molar-refractivity contribution is 5.93. The summed E-state index contributed by atoms with van der Waals surface area (Å²) in [4.78, 5) is 26.2. The van der Waals surface area contributed by atoms with Crippen LogP contribution in [0.2, 0.25) is 0 Å². The Kier molecular flexibility index (Phi) is 7.00. The van der Waals surface area contributed by atoms with Gasteiger partial charge in [-0.3, -0.25) is 14.5 Å². The molecule has 1 saturated carbocycles. The molecule has 2 N–H and O–H groups in total. The average Bonchev–Trinajstić information content (AvgIpc) is 2.53. The molecule has 0 aromatic heterocycles. The van der Waals surface area contributed by atoms with Crippen molar-refractivity contribution >= 4 is 17.5 Å². The molecule has 5 nitrogen and oxygen atoms in total. The van der Waals surface area contributed by atoms with Gasteiger partial charge in [-0.25, -0.2) is 0 Å². The number of hydrogen-bond acceptors (Lipinski definition) is 3. The number of anilines is 1. The second-order valence-corrected chi connectivity index (χ2v) is 7.40. The second-order valence-electron chi connectivity index (χ2n) is 7.40. The molecule has 1 aromatic carbocycles. The number of amides is 2. The normalized spacial score (nSPS) is 20.4. The molecule has 2 rings (SSSR count). The molecule has 1 aromatic rings. The number of likely N-dealkylation sites (N-methyl/N-ethyl adjacent to an activating group) is 1. The summed E-state index contributed by atoms with van der Waals surface area (Å²) in [6, 6.07) is 6.13. The van der Waals surface area contributed by atoms with Crippen LogP contribution in [0.15, 0.2) is 18.2 Å². The van der Waals surface area contributed by atoms with Gasteiger partial charge in [0.15, 0.2) is 0 Å². The van der Waals surface area contributed by atoms with Gasteiger partial charge in [0, 0.05) is 11.7 Å². The van der Waals surface area contributed by atoms with E-state index < -0.39 is 0 Å². The topological polar surface area (TPSA) is 61.4 Å². The van der Waals surface area contributed by atoms with E-state index in [1.54, 1.807) is 11.9 Å². The van der Waals surface area contributed by atoms with E-state index in [0.29, 0.717) is 5.92 Å². The molecule has 5 heteroatoms. The number of nitrogens with one attached hydrogen (secondary N) is 2. The Morgan fingerprint density at radius 1 is 1.12 bits per heavy atom. The van der Waals surface area contributed by atoms with E-state index in [1.807, 2.05) is 32.0 Å². The largest absolute Gasteiger partial charge is 0.352 e. The van der Waals surface area contributed by atoms with Crippen LogP contribution in [0.5, 0.6) is 0 Å². The van der Waals surface area contributed by atoms with Gasteiger partial charge in [0.2, 0.25) is 11.8 Å². The number of carbonyl (C=O) groups excluding carboxylic acids is 2. The third kappa shape index (κ3) is 5.85. The molecule has 1 fully saturated rings. The zero-order valence-corrected chi connectivity index (χ0v) is 15.9. The Morgan fingerprint density at radius 3 is 2.52 bits per heavy atom. The Labute approximate surface area is 151 Å². The van der Waals surface area contributed by atoms with Crippen molar-refractivity contribution in [2.45, 2.75) is 52.5 Å². The van der Waals surface area contributed by atoms with Crippen LogP contribution < -0.4 is 10.6 Å². The molecular formula is C20H31N3O2. The van der Waals surface area contributed by atoms with Crippen molar-refractivity contribution in [3.63, 3.8) is 0 Å². The lowest BCUT2D eigenvalue weighted by Crippen LogP contribution is -2.46. The summed E-state index contributed by atoms with van der Waals surface area (Å²) in [7, 11) is 1.80. The third-order valence-electron chi connectivity index (χ3n) is 5.16. The van der Waals surface area contributed by atoms with Crippen LogP contribution in [0.4, 0.5) is 5.69 Å². The summed E-state index contributed by atoms with van der Waals surface area (Å²) >= 11 is 0. The fourth-order valence-electron chi connectivity index (χ4n) is 3.41. The number of rotatable bonds is 6. The maximum Gasteiger partial charge on any atom is 0.238 e. The number of carbonyl (C=O) groups is 2. The minimum absolute atomic E-state index is 0.000728. The highest BCUT2D eigenvalue weighted by Crippen LogP contribution is 2.23. The predicted molar refractivity (Wildman–Crippen MR) is 102 cm³/mol. The fraction of sp³-hybridized carbons (Fsp3) is 0.600. The third-order valence-corrected chi connectivity index (χ3v) is 5.16. The van der Waals surface area contributed by atoms with E-state index in [9.17, 15) is 9.59 Å². The van der Waals surface area contributed by atoms with E-state index in [2.05, 4.69) is 17.6 Å².